The lowest BCUT2D eigenvalue weighted by Crippen LogP contribution is -2.22. The minimum Gasteiger partial charge on any atom is -0.373 e. The van der Waals surface area contributed by atoms with Gasteiger partial charge in [-0.1, -0.05) is 17.0 Å². The van der Waals surface area contributed by atoms with Crippen LogP contribution in [-0.2, 0) is 0 Å². The molecule has 0 aromatic rings. The highest BCUT2D eigenvalue weighted by atomic mass is 15.0. The van der Waals surface area contributed by atoms with Crippen molar-refractivity contribution in [3.63, 3.8) is 0 Å². The molecule has 0 bridgehead atoms. The predicted octanol–water partition coefficient (Wildman–Crippen LogP) is 2.05. The fourth-order valence-corrected chi connectivity index (χ4v) is 1.39. The Hall–Kier alpha value is -1.56. The Labute approximate surface area is 85.1 Å². The fraction of sp³-hybridized carbons (Fsp3) is 0.455. The molecule has 0 fully saturated rings. The summed E-state index contributed by atoms with van der Waals surface area (Å²) < 4.78 is 0. The molecule has 1 aliphatic rings. The van der Waals surface area contributed by atoms with Crippen molar-refractivity contribution < 1.29 is 0 Å². The molecule has 0 aliphatic carbocycles. The van der Waals surface area contributed by atoms with Crippen molar-refractivity contribution in [1.29, 1.82) is 0 Å². The highest BCUT2D eigenvalue weighted by Gasteiger charge is 2.28. The van der Waals surface area contributed by atoms with Gasteiger partial charge >= 0.3 is 6.04 Å². The average molecular weight is 190 g/mol. The van der Waals surface area contributed by atoms with E-state index in [2.05, 4.69) is 21.2 Å². The minimum absolute atomic E-state index is 0.0335. The molecule has 3 nitrogen and oxygen atoms in total. The summed E-state index contributed by atoms with van der Waals surface area (Å²) in [6.07, 6.45) is 8.92. The second-order valence-electron chi connectivity index (χ2n) is 3.19. The lowest BCUT2D eigenvalue weighted by Gasteiger charge is -2.12. The monoisotopic (exact) mass is 190 g/mol. The smallest absolute Gasteiger partial charge is 0.302 e. The standard InChI is InChI=1S/C11H16N3/c1-4-5-6-9-8-14-11(13-3)7-10(9)12-2/h2,4-5,7-10,13H,6H2,1,3H3/q+1/b5-4+. The normalized spacial score (nSPS) is 25.9. The van der Waals surface area contributed by atoms with Crippen molar-refractivity contribution in [2.45, 2.75) is 19.4 Å². The van der Waals surface area contributed by atoms with Crippen LogP contribution in [0.4, 0.5) is 0 Å². The summed E-state index contributed by atoms with van der Waals surface area (Å²) in [5.74, 6) is 1.12. The van der Waals surface area contributed by atoms with Gasteiger partial charge in [0.2, 0.25) is 0 Å². The number of rotatable bonds is 3. The first-order valence-electron chi connectivity index (χ1n) is 4.76. The molecule has 3 heteroatoms. The van der Waals surface area contributed by atoms with E-state index in [4.69, 9.17) is 6.57 Å². The van der Waals surface area contributed by atoms with Gasteiger partial charge in [-0.25, -0.2) is 4.99 Å². The van der Waals surface area contributed by atoms with Crippen LogP contribution in [0.1, 0.15) is 13.3 Å². The van der Waals surface area contributed by atoms with E-state index >= 15 is 0 Å². The Morgan fingerprint density at radius 2 is 2.50 bits per heavy atom. The third kappa shape index (κ3) is 2.46. The minimum atomic E-state index is 0.0335. The molecule has 1 rings (SSSR count). The van der Waals surface area contributed by atoms with Gasteiger partial charge in [-0.05, 0) is 13.3 Å². The van der Waals surface area contributed by atoms with E-state index in [0.717, 1.165) is 12.2 Å². The summed E-state index contributed by atoms with van der Waals surface area (Å²) in [7, 11) is 1.84. The van der Waals surface area contributed by atoms with Crippen molar-refractivity contribution in [3.05, 3.63) is 28.9 Å². The van der Waals surface area contributed by atoms with E-state index in [9.17, 15) is 0 Å². The molecule has 1 N–H and O–H groups in total. The second-order valence-corrected chi connectivity index (χ2v) is 3.19. The zero-order chi connectivity index (χ0) is 10.4. The number of hydrogen-bond donors (Lipinski definition) is 1. The molecule has 0 aromatic heterocycles. The number of aliphatic imine (C=N–C) groups is 1. The molecule has 2 atom stereocenters. The van der Waals surface area contributed by atoms with Crippen molar-refractivity contribution in [1.82, 2.24) is 5.32 Å². The first-order chi connectivity index (χ1) is 6.81. The molecular formula is C11H16N3+. The first kappa shape index (κ1) is 10.5. The average Bonchev–Trinajstić information content (AvgIpc) is 2.26. The van der Waals surface area contributed by atoms with Gasteiger partial charge in [-0.3, -0.25) is 0 Å². The molecule has 74 valence electrons. The van der Waals surface area contributed by atoms with Crippen molar-refractivity contribution in [2.24, 2.45) is 10.9 Å². The molecule has 0 saturated heterocycles. The quantitative estimate of drug-likeness (QED) is 0.678. The second kappa shape index (κ2) is 5.23. The highest BCUT2D eigenvalue weighted by Crippen LogP contribution is 2.18. The maximum Gasteiger partial charge on any atom is 0.302 e. The van der Waals surface area contributed by atoms with Crippen molar-refractivity contribution in [3.8, 4) is 6.57 Å². The summed E-state index contributed by atoms with van der Waals surface area (Å²) in [4.78, 5) is 8.09. The Balaban J connectivity index is 2.69. The molecule has 0 amide bonds. The van der Waals surface area contributed by atoms with Gasteiger partial charge in [0.1, 0.15) is 5.82 Å². The van der Waals surface area contributed by atoms with Crippen LogP contribution in [-0.4, -0.2) is 19.3 Å². The number of nitrogens with one attached hydrogen (secondary N) is 1. The third-order valence-electron chi connectivity index (χ3n) is 2.24. The molecule has 0 spiro atoms. The van der Waals surface area contributed by atoms with E-state index in [1.807, 2.05) is 32.3 Å². The predicted molar refractivity (Wildman–Crippen MR) is 60.6 cm³/mol. The Kier molecular flexibility index (Phi) is 3.93. The van der Waals surface area contributed by atoms with Crippen LogP contribution >= 0.6 is 0 Å². The molecule has 14 heavy (non-hydrogen) atoms. The summed E-state index contributed by atoms with van der Waals surface area (Å²) in [5.41, 5.74) is 0. The Bertz CT molecular complexity index is 307. The van der Waals surface area contributed by atoms with Crippen LogP contribution in [0.25, 0.3) is 4.85 Å². The number of allylic oxidation sites excluding steroid dienone is 2. The summed E-state index contributed by atoms with van der Waals surface area (Å²) in [6, 6.07) is 0.0335. The maximum atomic E-state index is 5.35. The van der Waals surface area contributed by atoms with Crippen LogP contribution in [0.5, 0.6) is 0 Å². The van der Waals surface area contributed by atoms with E-state index in [0.29, 0.717) is 0 Å². The molecule has 1 aliphatic heterocycles. The van der Waals surface area contributed by atoms with Gasteiger partial charge in [0.15, 0.2) is 0 Å². The van der Waals surface area contributed by atoms with E-state index < -0.39 is 0 Å². The van der Waals surface area contributed by atoms with E-state index in [1.54, 1.807) is 0 Å². The lowest BCUT2D eigenvalue weighted by atomic mass is 9.95. The molecular weight excluding hydrogens is 174 g/mol. The zero-order valence-electron chi connectivity index (χ0n) is 8.64. The molecule has 0 aromatic carbocycles. The van der Waals surface area contributed by atoms with Gasteiger partial charge in [-0.15, -0.1) is 0 Å². The van der Waals surface area contributed by atoms with E-state index in [-0.39, 0.29) is 12.0 Å². The highest BCUT2D eigenvalue weighted by molar-refractivity contribution is 5.66. The van der Waals surface area contributed by atoms with E-state index in [1.165, 1.54) is 0 Å². The van der Waals surface area contributed by atoms with Gasteiger partial charge < -0.3 is 5.32 Å². The maximum absolute atomic E-state index is 5.35. The summed E-state index contributed by atoms with van der Waals surface area (Å²) in [5, 5.41) is 2.97. The molecule has 0 saturated carbocycles. The van der Waals surface area contributed by atoms with Crippen LogP contribution in [0, 0.1) is 12.5 Å². The molecule has 0 radical (unpaired) electrons. The first-order valence-corrected chi connectivity index (χ1v) is 4.76. The summed E-state index contributed by atoms with van der Waals surface area (Å²) >= 11 is 0. The van der Waals surface area contributed by atoms with Gasteiger partial charge in [0.05, 0.1) is 5.92 Å². The number of nitrogens with zero attached hydrogens (tertiary/aromatic N) is 2. The fourth-order valence-electron chi connectivity index (χ4n) is 1.39. The van der Waals surface area contributed by atoms with Crippen LogP contribution in [0.3, 0.4) is 0 Å². The largest absolute Gasteiger partial charge is 0.373 e. The van der Waals surface area contributed by atoms with Gasteiger partial charge in [-0.2, -0.15) is 0 Å². The number of hydrogen-bond acceptors (Lipinski definition) is 2. The summed E-state index contributed by atoms with van der Waals surface area (Å²) in [6.45, 7) is 7.35. The lowest BCUT2D eigenvalue weighted by molar-refractivity contribution is 0.668. The molecule has 1 heterocycles. The van der Waals surface area contributed by atoms with Crippen molar-refractivity contribution >= 4 is 6.21 Å². The topological polar surface area (TPSA) is 28.8 Å². The third-order valence-corrected chi connectivity index (χ3v) is 2.24. The molecule has 2 unspecified atom stereocenters. The Morgan fingerprint density at radius 1 is 1.71 bits per heavy atom. The Morgan fingerprint density at radius 3 is 3.07 bits per heavy atom. The SMILES string of the molecule is C#[N+]C1C=C(NC)N=CC1C/C=C/C. The van der Waals surface area contributed by atoms with Crippen molar-refractivity contribution in [2.75, 3.05) is 7.05 Å². The van der Waals surface area contributed by atoms with Crippen LogP contribution in [0.2, 0.25) is 0 Å². The van der Waals surface area contributed by atoms with Crippen LogP contribution < -0.4 is 5.32 Å². The van der Waals surface area contributed by atoms with Gasteiger partial charge in [0.25, 0.3) is 6.57 Å². The zero-order valence-corrected chi connectivity index (χ0v) is 8.64. The van der Waals surface area contributed by atoms with Crippen LogP contribution in [0.15, 0.2) is 29.0 Å². The van der Waals surface area contributed by atoms with Gasteiger partial charge in [0, 0.05) is 19.3 Å².